The summed E-state index contributed by atoms with van der Waals surface area (Å²) in [5.41, 5.74) is 8.94. The van der Waals surface area contributed by atoms with Gasteiger partial charge in [0.2, 0.25) is 0 Å². The molecule has 204 valence electrons. The Labute approximate surface area is 255 Å². The van der Waals surface area contributed by atoms with Crippen molar-refractivity contribution in [2.75, 3.05) is 4.90 Å². The lowest BCUT2D eigenvalue weighted by atomic mass is 9.82. The van der Waals surface area contributed by atoms with Gasteiger partial charge in [-0.05, 0) is 57.8 Å². The number of para-hydroxylation sites is 1. The van der Waals surface area contributed by atoms with E-state index in [-0.39, 0.29) is 5.41 Å². The van der Waals surface area contributed by atoms with Crippen LogP contribution in [0.25, 0.3) is 52.8 Å². The molecule has 0 radical (unpaired) electrons. The maximum atomic E-state index is 2.48. The summed E-state index contributed by atoms with van der Waals surface area (Å²) in [4.78, 5) is 2.48. The van der Waals surface area contributed by atoms with Crippen LogP contribution in [0.2, 0.25) is 0 Å². The van der Waals surface area contributed by atoms with E-state index in [2.05, 4.69) is 158 Å². The molecular formula is C41H29NS. The number of rotatable bonds is 3. The van der Waals surface area contributed by atoms with Gasteiger partial charge in [-0.25, -0.2) is 0 Å². The first-order chi connectivity index (χ1) is 21.1. The molecule has 0 amide bonds. The highest BCUT2D eigenvalue weighted by Crippen LogP contribution is 2.54. The Morgan fingerprint density at radius 3 is 2.07 bits per heavy atom. The molecule has 1 heterocycles. The van der Waals surface area contributed by atoms with Crippen molar-refractivity contribution in [2.45, 2.75) is 19.3 Å². The van der Waals surface area contributed by atoms with Gasteiger partial charge >= 0.3 is 0 Å². The van der Waals surface area contributed by atoms with Crippen LogP contribution in [-0.4, -0.2) is 0 Å². The third-order valence-electron chi connectivity index (χ3n) is 9.44. The van der Waals surface area contributed by atoms with Gasteiger partial charge in [-0.1, -0.05) is 123 Å². The third-order valence-corrected chi connectivity index (χ3v) is 10.6. The average molecular weight is 568 g/mol. The Morgan fingerprint density at radius 2 is 1.19 bits per heavy atom. The van der Waals surface area contributed by atoms with Gasteiger partial charge in [0.1, 0.15) is 0 Å². The molecule has 1 aliphatic carbocycles. The first kappa shape index (κ1) is 24.7. The highest BCUT2D eigenvalue weighted by molar-refractivity contribution is 7.26. The Balaban J connectivity index is 1.38. The van der Waals surface area contributed by atoms with Crippen molar-refractivity contribution in [1.29, 1.82) is 0 Å². The lowest BCUT2D eigenvalue weighted by Crippen LogP contribution is -2.16. The van der Waals surface area contributed by atoms with Crippen LogP contribution in [0, 0.1) is 0 Å². The van der Waals surface area contributed by atoms with Gasteiger partial charge in [0, 0.05) is 47.6 Å². The second kappa shape index (κ2) is 9.04. The molecule has 0 saturated heterocycles. The summed E-state index contributed by atoms with van der Waals surface area (Å²) in [6, 6.07) is 51.5. The molecule has 2 heteroatoms. The van der Waals surface area contributed by atoms with E-state index in [1.165, 1.54) is 75.3 Å². The monoisotopic (exact) mass is 567 g/mol. The van der Waals surface area contributed by atoms with E-state index in [4.69, 9.17) is 0 Å². The molecule has 0 bridgehead atoms. The molecule has 0 N–H and O–H groups in total. The van der Waals surface area contributed by atoms with Crippen LogP contribution in [0.1, 0.15) is 25.0 Å². The van der Waals surface area contributed by atoms with Gasteiger partial charge in [0.25, 0.3) is 0 Å². The highest BCUT2D eigenvalue weighted by Gasteiger charge is 2.37. The minimum atomic E-state index is -0.0635. The van der Waals surface area contributed by atoms with E-state index in [9.17, 15) is 0 Å². The van der Waals surface area contributed by atoms with E-state index in [1.807, 2.05) is 11.3 Å². The van der Waals surface area contributed by atoms with Crippen molar-refractivity contribution >= 4 is 70.1 Å². The van der Waals surface area contributed by atoms with Gasteiger partial charge in [0.15, 0.2) is 0 Å². The van der Waals surface area contributed by atoms with E-state index in [0.29, 0.717) is 0 Å². The number of hydrogen-bond acceptors (Lipinski definition) is 2. The maximum absolute atomic E-state index is 2.48. The minimum absolute atomic E-state index is 0.0635. The Hall–Kier alpha value is -4.92. The summed E-state index contributed by atoms with van der Waals surface area (Å²) >= 11 is 1.91. The average Bonchev–Trinajstić information content (AvgIpc) is 3.54. The van der Waals surface area contributed by atoms with E-state index in [0.717, 1.165) is 5.69 Å². The van der Waals surface area contributed by atoms with Crippen molar-refractivity contribution < 1.29 is 0 Å². The fourth-order valence-corrected chi connectivity index (χ4v) is 8.71. The Morgan fingerprint density at radius 1 is 0.512 bits per heavy atom. The molecule has 0 unspecified atom stereocenters. The molecule has 1 aliphatic rings. The number of hydrogen-bond donors (Lipinski definition) is 0. The smallest absolute Gasteiger partial charge is 0.0543 e. The summed E-state index contributed by atoms with van der Waals surface area (Å²) in [5.74, 6) is 0. The van der Waals surface area contributed by atoms with Gasteiger partial charge in [-0.3, -0.25) is 0 Å². The van der Waals surface area contributed by atoms with Crippen LogP contribution in [0.15, 0.2) is 140 Å². The fourth-order valence-electron chi connectivity index (χ4n) is 7.44. The largest absolute Gasteiger partial charge is 0.309 e. The fraction of sp³-hybridized carbons (Fsp3) is 0.0732. The summed E-state index contributed by atoms with van der Waals surface area (Å²) in [5, 5.41) is 7.85. The standard InChI is InChI=1S/C41H29NS/c1-41(2)33-17-8-6-15-32(33)39-34(41)18-11-20-36(39)42(27-12-4-3-5-13-27)35-19-10-16-30-28(35)24-22-26-23-25-31-29-14-7-9-21-37(29)43-40(31)38(26)30/h3-25H,1-2H3. The first-order valence-electron chi connectivity index (χ1n) is 15.0. The molecular weight excluding hydrogens is 539 g/mol. The van der Waals surface area contributed by atoms with Crippen LogP contribution < -0.4 is 4.90 Å². The third kappa shape index (κ3) is 3.45. The Bertz CT molecular complexity index is 2380. The van der Waals surface area contributed by atoms with Crippen LogP contribution in [-0.2, 0) is 5.41 Å². The van der Waals surface area contributed by atoms with E-state index in [1.54, 1.807) is 0 Å². The normalized spacial score (nSPS) is 13.5. The van der Waals surface area contributed by atoms with Crippen molar-refractivity contribution in [3.8, 4) is 11.1 Å². The molecule has 0 fully saturated rings. The van der Waals surface area contributed by atoms with Gasteiger partial charge < -0.3 is 4.90 Å². The van der Waals surface area contributed by atoms with Crippen LogP contribution in [0.4, 0.5) is 17.1 Å². The summed E-state index contributed by atoms with van der Waals surface area (Å²) < 4.78 is 2.70. The lowest BCUT2D eigenvalue weighted by molar-refractivity contribution is 0.660. The molecule has 0 spiro atoms. The number of anilines is 3. The predicted molar refractivity (Wildman–Crippen MR) is 187 cm³/mol. The minimum Gasteiger partial charge on any atom is -0.309 e. The SMILES string of the molecule is CC1(C)c2ccccc2-c2c(N(c3ccccc3)c3cccc4c3ccc3ccc5c6ccccc6sc5c34)cccc21. The van der Waals surface area contributed by atoms with Crippen molar-refractivity contribution in [3.63, 3.8) is 0 Å². The summed E-state index contributed by atoms with van der Waals surface area (Å²) in [6.45, 7) is 4.71. The number of fused-ring (bicyclic) bond motifs is 10. The highest BCUT2D eigenvalue weighted by atomic mass is 32.1. The maximum Gasteiger partial charge on any atom is 0.0543 e. The zero-order valence-corrected chi connectivity index (χ0v) is 25.0. The van der Waals surface area contributed by atoms with E-state index < -0.39 is 0 Å². The number of thiophene rings is 1. The van der Waals surface area contributed by atoms with Gasteiger partial charge in [-0.2, -0.15) is 0 Å². The Kier molecular flexibility index (Phi) is 5.18. The molecule has 7 aromatic carbocycles. The second-order valence-corrected chi connectivity index (χ2v) is 13.2. The van der Waals surface area contributed by atoms with Crippen LogP contribution in [0.5, 0.6) is 0 Å². The lowest BCUT2D eigenvalue weighted by Gasteiger charge is -2.30. The molecule has 8 aromatic rings. The zero-order valence-electron chi connectivity index (χ0n) is 24.1. The van der Waals surface area contributed by atoms with E-state index >= 15 is 0 Å². The quantitative estimate of drug-likeness (QED) is 0.192. The molecule has 0 aliphatic heterocycles. The molecule has 1 aromatic heterocycles. The second-order valence-electron chi connectivity index (χ2n) is 12.1. The van der Waals surface area contributed by atoms with Crippen molar-refractivity contribution in [2.24, 2.45) is 0 Å². The molecule has 0 saturated carbocycles. The molecule has 43 heavy (non-hydrogen) atoms. The zero-order chi connectivity index (χ0) is 28.7. The first-order valence-corrected chi connectivity index (χ1v) is 15.8. The predicted octanol–water partition coefficient (Wildman–Crippen LogP) is 12.1. The van der Waals surface area contributed by atoms with Crippen molar-refractivity contribution in [3.05, 3.63) is 151 Å². The number of nitrogens with zero attached hydrogens (tertiary/aromatic N) is 1. The topological polar surface area (TPSA) is 3.24 Å². The summed E-state index contributed by atoms with van der Waals surface area (Å²) in [7, 11) is 0. The summed E-state index contributed by atoms with van der Waals surface area (Å²) in [6.07, 6.45) is 0. The molecule has 1 nitrogen and oxygen atoms in total. The van der Waals surface area contributed by atoms with Gasteiger partial charge in [-0.15, -0.1) is 11.3 Å². The van der Waals surface area contributed by atoms with Crippen LogP contribution >= 0.6 is 11.3 Å². The molecule has 9 rings (SSSR count). The molecule has 0 atom stereocenters. The van der Waals surface area contributed by atoms with Crippen LogP contribution in [0.3, 0.4) is 0 Å². The number of benzene rings is 7. The van der Waals surface area contributed by atoms with Crippen molar-refractivity contribution in [1.82, 2.24) is 0 Å². The van der Waals surface area contributed by atoms with Gasteiger partial charge in [0.05, 0.1) is 11.4 Å².